The van der Waals surface area contributed by atoms with Crippen LogP contribution >= 0.6 is 11.6 Å². The van der Waals surface area contributed by atoms with Crippen LogP contribution in [0.5, 0.6) is 11.5 Å². The average Bonchev–Trinajstić information content (AvgIpc) is 2.30. The summed E-state index contributed by atoms with van der Waals surface area (Å²) in [4.78, 5) is 0. The van der Waals surface area contributed by atoms with Crippen LogP contribution in [0.25, 0.3) is 0 Å². The second-order valence-corrected chi connectivity index (χ2v) is 5.06. The van der Waals surface area contributed by atoms with E-state index < -0.39 is 11.6 Å². The molecule has 2 N–H and O–H groups in total. The van der Waals surface area contributed by atoms with Gasteiger partial charge in [0.05, 0.1) is 5.02 Å². The summed E-state index contributed by atoms with van der Waals surface area (Å²) in [7, 11) is 0. The van der Waals surface area contributed by atoms with E-state index in [2.05, 4.69) is 0 Å². The minimum atomic E-state index is -0.704. The molecule has 2 aromatic carbocycles. The van der Waals surface area contributed by atoms with Crippen molar-refractivity contribution in [1.82, 2.24) is 0 Å². The molecule has 0 heterocycles. The third-order valence-electron chi connectivity index (χ3n) is 2.62. The topological polar surface area (TPSA) is 35.2 Å². The molecule has 2 rings (SSSR count). The van der Waals surface area contributed by atoms with Crippen LogP contribution in [0, 0.1) is 11.6 Å². The van der Waals surface area contributed by atoms with Crippen LogP contribution in [0.2, 0.25) is 5.02 Å². The maximum atomic E-state index is 13.1. The molecule has 0 aliphatic heterocycles. The van der Waals surface area contributed by atoms with Gasteiger partial charge in [-0.25, -0.2) is 8.78 Å². The summed E-state index contributed by atoms with van der Waals surface area (Å²) in [5, 5.41) is 0.368. The van der Waals surface area contributed by atoms with Crippen molar-refractivity contribution in [1.29, 1.82) is 0 Å². The minimum absolute atomic E-state index is 0.0233. The van der Waals surface area contributed by atoms with Crippen molar-refractivity contribution in [2.45, 2.75) is 19.4 Å². The summed E-state index contributed by atoms with van der Waals surface area (Å²) in [5.41, 5.74) is 6.69. The first-order chi connectivity index (χ1) is 9.44. The summed E-state index contributed by atoms with van der Waals surface area (Å²) in [5.74, 6) is -1.01. The van der Waals surface area contributed by atoms with Crippen LogP contribution in [-0.4, -0.2) is 6.04 Å². The predicted molar refractivity (Wildman–Crippen MR) is 75.2 cm³/mol. The number of hydrogen-bond donors (Lipinski definition) is 1. The SMILES string of the molecule is CC(N)Cc1ccc(Oc2cc(F)cc(F)c2)c(Cl)c1. The second-order valence-electron chi connectivity index (χ2n) is 4.65. The predicted octanol–water partition coefficient (Wildman–Crippen LogP) is 4.30. The van der Waals surface area contributed by atoms with Crippen molar-refractivity contribution >= 4 is 11.6 Å². The van der Waals surface area contributed by atoms with E-state index in [1.807, 2.05) is 13.0 Å². The van der Waals surface area contributed by atoms with Gasteiger partial charge in [0.1, 0.15) is 23.1 Å². The summed E-state index contributed by atoms with van der Waals surface area (Å²) in [6.07, 6.45) is 0.689. The summed E-state index contributed by atoms with van der Waals surface area (Å²) in [6.45, 7) is 1.90. The van der Waals surface area contributed by atoms with Gasteiger partial charge >= 0.3 is 0 Å². The third-order valence-corrected chi connectivity index (χ3v) is 2.91. The standard InChI is InChI=1S/C15H14ClF2NO/c1-9(19)4-10-2-3-15(14(16)5-10)20-13-7-11(17)6-12(18)8-13/h2-3,5-9H,4,19H2,1H3. The molecule has 1 unspecified atom stereocenters. The van der Waals surface area contributed by atoms with Gasteiger partial charge in [-0.15, -0.1) is 0 Å². The zero-order chi connectivity index (χ0) is 14.7. The van der Waals surface area contributed by atoms with E-state index in [1.165, 1.54) is 0 Å². The van der Waals surface area contributed by atoms with Crippen LogP contribution in [0.1, 0.15) is 12.5 Å². The lowest BCUT2D eigenvalue weighted by atomic mass is 10.1. The van der Waals surface area contributed by atoms with E-state index >= 15 is 0 Å². The van der Waals surface area contributed by atoms with Crippen LogP contribution in [-0.2, 0) is 6.42 Å². The highest BCUT2D eigenvalue weighted by molar-refractivity contribution is 6.32. The van der Waals surface area contributed by atoms with Crippen LogP contribution < -0.4 is 10.5 Å². The number of halogens is 3. The van der Waals surface area contributed by atoms with Crippen LogP contribution in [0.3, 0.4) is 0 Å². The molecule has 0 bridgehead atoms. The van der Waals surface area contributed by atoms with Gasteiger partial charge in [0.2, 0.25) is 0 Å². The first-order valence-corrected chi connectivity index (χ1v) is 6.50. The van der Waals surface area contributed by atoms with E-state index in [-0.39, 0.29) is 11.8 Å². The molecule has 106 valence electrons. The maximum absolute atomic E-state index is 13.1. The highest BCUT2D eigenvalue weighted by Gasteiger charge is 2.08. The zero-order valence-electron chi connectivity index (χ0n) is 10.9. The van der Waals surface area contributed by atoms with Gasteiger partial charge < -0.3 is 10.5 Å². The Morgan fingerprint density at radius 3 is 2.35 bits per heavy atom. The first kappa shape index (κ1) is 14.8. The average molecular weight is 298 g/mol. The van der Waals surface area contributed by atoms with Gasteiger partial charge in [0, 0.05) is 24.2 Å². The third kappa shape index (κ3) is 3.92. The molecule has 20 heavy (non-hydrogen) atoms. The smallest absolute Gasteiger partial charge is 0.146 e. The summed E-state index contributed by atoms with van der Waals surface area (Å²) >= 11 is 6.09. The molecular weight excluding hydrogens is 284 g/mol. The molecule has 2 aromatic rings. The Hall–Kier alpha value is -1.65. The molecular formula is C15H14ClF2NO. The molecule has 2 nitrogen and oxygen atoms in total. The van der Waals surface area contributed by atoms with Crippen molar-refractivity contribution in [2.24, 2.45) is 5.73 Å². The van der Waals surface area contributed by atoms with Gasteiger partial charge in [-0.1, -0.05) is 17.7 Å². The van der Waals surface area contributed by atoms with Crippen molar-refractivity contribution in [3.05, 3.63) is 58.6 Å². The molecule has 5 heteroatoms. The monoisotopic (exact) mass is 297 g/mol. The molecule has 0 saturated carbocycles. The van der Waals surface area contributed by atoms with Crippen molar-refractivity contribution in [3.8, 4) is 11.5 Å². The van der Waals surface area contributed by atoms with Crippen LogP contribution in [0.15, 0.2) is 36.4 Å². The van der Waals surface area contributed by atoms with Crippen molar-refractivity contribution in [3.63, 3.8) is 0 Å². The Kier molecular flexibility index (Phi) is 4.57. The molecule has 0 aliphatic rings. The molecule has 0 spiro atoms. The fourth-order valence-corrected chi connectivity index (χ4v) is 2.08. The van der Waals surface area contributed by atoms with Crippen molar-refractivity contribution < 1.29 is 13.5 Å². The number of hydrogen-bond acceptors (Lipinski definition) is 2. The zero-order valence-corrected chi connectivity index (χ0v) is 11.6. The Morgan fingerprint density at radius 1 is 1.15 bits per heavy atom. The van der Waals surface area contributed by atoms with E-state index in [4.69, 9.17) is 22.1 Å². The quantitative estimate of drug-likeness (QED) is 0.913. The van der Waals surface area contributed by atoms with E-state index in [1.54, 1.807) is 12.1 Å². The lowest BCUT2D eigenvalue weighted by Gasteiger charge is -2.10. The van der Waals surface area contributed by atoms with E-state index in [9.17, 15) is 8.78 Å². The number of ether oxygens (including phenoxy) is 1. The van der Waals surface area contributed by atoms with E-state index in [0.717, 1.165) is 23.8 Å². The highest BCUT2D eigenvalue weighted by Crippen LogP contribution is 2.31. The lowest BCUT2D eigenvalue weighted by Crippen LogP contribution is -2.17. The Labute approximate surface area is 121 Å². The fourth-order valence-electron chi connectivity index (χ4n) is 1.84. The number of benzene rings is 2. The van der Waals surface area contributed by atoms with Crippen molar-refractivity contribution in [2.75, 3.05) is 0 Å². The molecule has 1 atom stereocenters. The number of nitrogens with two attached hydrogens (primary N) is 1. The Balaban J connectivity index is 2.21. The van der Waals surface area contributed by atoms with Gasteiger partial charge in [0.25, 0.3) is 0 Å². The second kappa shape index (κ2) is 6.20. The Bertz CT molecular complexity index is 597. The summed E-state index contributed by atoms with van der Waals surface area (Å²) < 4.78 is 31.5. The largest absolute Gasteiger partial charge is 0.456 e. The molecule has 0 aliphatic carbocycles. The minimum Gasteiger partial charge on any atom is -0.456 e. The summed E-state index contributed by atoms with van der Waals surface area (Å²) in [6, 6.07) is 8.19. The first-order valence-electron chi connectivity index (χ1n) is 6.12. The van der Waals surface area contributed by atoms with Gasteiger partial charge in [-0.3, -0.25) is 0 Å². The number of rotatable bonds is 4. The van der Waals surface area contributed by atoms with Crippen LogP contribution in [0.4, 0.5) is 8.78 Å². The van der Waals surface area contributed by atoms with Gasteiger partial charge in [-0.2, -0.15) is 0 Å². The lowest BCUT2D eigenvalue weighted by molar-refractivity contribution is 0.468. The molecule has 0 fully saturated rings. The fraction of sp³-hybridized carbons (Fsp3) is 0.200. The molecule has 0 amide bonds. The van der Waals surface area contributed by atoms with E-state index in [0.29, 0.717) is 17.2 Å². The van der Waals surface area contributed by atoms with Gasteiger partial charge in [-0.05, 0) is 31.0 Å². The molecule has 0 saturated heterocycles. The van der Waals surface area contributed by atoms with Gasteiger partial charge in [0.15, 0.2) is 0 Å². The maximum Gasteiger partial charge on any atom is 0.146 e. The highest BCUT2D eigenvalue weighted by atomic mass is 35.5. The Morgan fingerprint density at radius 2 is 1.80 bits per heavy atom. The normalized spacial score (nSPS) is 12.2. The molecule has 0 aromatic heterocycles. The molecule has 0 radical (unpaired) electrons.